The first kappa shape index (κ1) is 26.2. The molecule has 2 heterocycles. The largest absolute Gasteiger partial charge is 0.493 e. The normalized spacial score (nSPS) is 13.3. The van der Waals surface area contributed by atoms with Gasteiger partial charge in [-0.05, 0) is 54.4 Å². The van der Waals surface area contributed by atoms with E-state index < -0.39 is 0 Å². The first-order chi connectivity index (χ1) is 19.1. The maximum atomic E-state index is 12.5. The summed E-state index contributed by atoms with van der Waals surface area (Å²) in [5.74, 6) is 2.70. The lowest BCUT2D eigenvalue weighted by Crippen LogP contribution is -2.46. The van der Waals surface area contributed by atoms with Gasteiger partial charge in [-0.2, -0.15) is 0 Å². The van der Waals surface area contributed by atoms with Crippen molar-refractivity contribution >= 4 is 28.3 Å². The Bertz CT molecular complexity index is 1400. The molecule has 1 aliphatic rings. The van der Waals surface area contributed by atoms with E-state index in [1.807, 2.05) is 42.5 Å². The van der Waals surface area contributed by atoms with Crippen LogP contribution in [0.2, 0.25) is 0 Å². The van der Waals surface area contributed by atoms with Crippen LogP contribution >= 0.6 is 0 Å². The molecule has 39 heavy (non-hydrogen) atoms. The highest BCUT2D eigenvalue weighted by atomic mass is 16.5. The summed E-state index contributed by atoms with van der Waals surface area (Å²) in [5, 5.41) is 3.91. The summed E-state index contributed by atoms with van der Waals surface area (Å²) in [7, 11) is 3.22. The number of hydrogen-bond acceptors (Lipinski definition) is 7. The molecule has 1 saturated heterocycles. The molecule has 1 aromatic heterocycles. The van der Waals surface area contributed by atoms with E-state index in [0.717, 1.165) is 48.5 Å². The molecule has 0 atom stereocenters. The minimum atomic E-state index is -0.180. The molecular weight excluding hydrogens is 492 g/mol. The number of fused-ring (bicyclic) bond motifs is 1. The average molecular weight is 527 g/mol. The highest BCUT2D eigenvalue weighted by molar-refractivity contribution is 5.86. The first-order valence-electron chi connectivity index (χ1n) is 13.2. The summed E-state index contributed by atoms with van der Waals surface area (Å²) in [6.45, 7) is 4.06. The lowest BCUT2D eigenvalue weighted by molar-refractivity contribution is -0.123. The molecule has 0 unspecified atom stereocenters. The fraction of sp³-hybridized carbons (Fsp3) is 0.290. The van der Waals surface area contributed by atoms with E-state index in [2.05, 4.69) is 51.5 Å². The van der Waals surface area contributed by atoms with Crippen molar-refractivity contribution in [2.24, 2.45) is 0 Å². The highest BCUT2D eigenvalue weighted by Gasteiger charge is 2.19. The van der Waals surface area contributed by atoms with Crippen molar-refractivity contribution in [1.82, 2.24) is 10.3 Å². The van der Waals surface area contributed by atoms with Gasteiger partial charge in [0.25, 0.3) is 5.91 Å². The molecule has 0 radical (unpaired) electrons. The minimum Gasteiger partial charge on any atom is -0.493 e. The topological polar surface area (TPSA) is 76.2 Å². The third-order valence-corrected chi connectivity index (χ3v) is 6.94. The van der Waals surface area contributed by atoms with E-state index in [0.29, 0.717) is 30.2 Å². The third kappa shape index (κ3) is 6.34. The first-order valence-corrected chi connectivity index (χ1v) is 13.2. The van der Waals surface area contributed by atoms with Crippen molar-refractivity contribution in [2.45, 2.75) is 6.42 Å². The molecular formula is C31H34N4O4. The second kappa shape index (κ2) is 12.4. The number of benzene rings is 3. The van der Waals surface area contributed by atoms with Crippen LogP contribution in [-0.4, -0.2) is 64.4 Å². The zero-order chi connectivity index (χ0) is 27.0. The van der Waals surface area contributed by atoms with Gasteiger partial charge in [0.05, 0.1) is 14.2 Å². The molecule has 1 aliphatic heterocycles. The van der Waals surface area contributed by atoms with Gasteiger partial charge in [-0.1, -0.05) is 36.4 Å². The second-order valence-corrected chi connectivity index (χ2v) is 9.38. The van der Waals surface area contributed by atoms with Gasteiger partial charge in [-0.25, -0.2) is 4.98 Å². The summed E-state index contributed by atoms with van der Waals surface area (Å²) in [5.41, 5.74) is 3.06. The predicted octanol–water partition coefficient (Wildman–Crippen LogP) is 4.32. The monoisotopic (exact) mass is 526 g/mol. The van der Waals surface area contributed by atoms with Gasteiger partial charge in [0.15, 0.2) is 18.1 Å². The number of rotatable bonds is 10. The highest BCUT2D eigenvalue weighted by Crippen LogP contribution is 2.29. The Kier molecular flexibility index (Phi) is 8.31. The van der Waals surface area contributed by atoms with Crippen LogP contribution < -0.4 is 29.3 Å². The molecule has 5 rings (SSSR count). The minimum absolute atomic E-state index is 0.0767. The van der Waals surface area contributed by atoms with Crippen LogP contribution in [0.1, 0.15) is 5.56 Å². The van der Waals surface area contributed by atoms with E-state index in [1.54, 1.807) is 14.2 Å². The van der Waals surface area contributed by atoms with Crippen LogP contribution in [0.4, 0.5) is 11.5 Å². The van der Waals surface area contributed by atoms with E-state index in [-0.39, 0.29) is 12.5 Å². The number of amides is 1. The lowest BCUT2D eigenvalue weighted by atomic mass is 10.1. The molecule has 0 bridgehead atoms. The van der Waals surface area contributed by atoms with Gasteiger partial charge in [-0.3, -0.25) is 4.79 Å². The van der Waals surface area contributed by atoms with Gasteiger partial charge >= 0.3 is 0 Å². The standard InChI is InChI=1S/C31H34N4O4/c1-37-26-13-11-23(21-28(26)38-2)15-16-32-30(36)22-39-27-10-6-7-24-12-14-29(33-31(24)27)35-19-17-34(18-20-35)25-8-4-3-5-9-25/h3-14,21H,15-20,22H2,1-2H3,(H,32,36). The number of piperazine rings is 1. The Morgan fingerprint density at radius 2 is 1.59 bits per heavy atom. The van der Waals surface area contributed by atoms with Crippen LogP contribution in [-0.2, 0) is 11.2 Å². The van der Waals surface area contributed by atoms with Crippen molar-refractivity contribution in [1.29, 1.82) is 0 Å². The van der Waals surface area contributed by atoms with Gasteiger partial charge in [0.2, 0.25) is 0 Å². The molecule has 4 aromatic rings. The number of carbonyl (C=O) groups is 1. The molecule has 0 saturated carbocycles. The number of para-hydroxylation sites is 2. The Morgan fingerprint density at radius 3 is 2.36 bits per heavy atom. The van der Waals surface area contributed by atoms with Crippen LogP contribution in [0.3, 0.4) is 0 Å². The summed E-state index contributed by atoms with van der Waals surface area (Å²) in [6.07, 6.45) is 0.669. The number of nitrogens with zero attached hydrogens (tertiary/aromatic N) is 3. The number of nitrogens with one attached hydrogen (secondary N) is 1. The fourth-order valence-corrected chi connectivity index (χ4v) is 4.81. The quantitative estimate of drug-likeness (QED) is 0.330. The third-order valence-electron chi connectivity index (χ3n) is 6.94. The Morgan fingerprint density at radius 1 is 0.821 bits per heavy atom. The molecule has 1 amide bonds. The number of anilines is 2. The zero-order valence-electron chi connectivity index (χ0n) is 22.4. The molecule has 202 valence electrons. The molecule has 0 aliphatic carbocycles. The molecule has 3 aromatic carbocycles. The van der Waals surface area contributed by atoms with Gasteiger partial charge in [-0.15, -0.1) is 0 Å². The molecule has 1 N–H and O–H groups in total. The number of pyridine rings is 1. The summed E-state index contributed by atoms with van der Waals surface area (Å²) in [4.78, 5) is 22.2. The van der Waals surface area contributed by atoms with Crippen LogP contribution in [0.25, 0.3) is 10.9 Å². The second-order valence-electron chi connectivity index (χ2n) is 9.38. The number of carbonyl (C=O) groups excluding carboxylic acids is 1. The van der Waals surface area contributed by atoms with Crippen LogP contribution in [0.15, 0.2) is 78.9 Å². The maximum absolute atomic E-state index is 12.5. The van der Waals surface area contributed by atoms with E-state index >= 15 is 0 Å². The molecule has 8 heteroatoms. The van der Waals surface area contributed by atoms with Crippen molar-refractivity contribution in [2.75, 3.05) is 63.4 Å². The molecule has 0 spiro atoms. The zero-order valence-corrected chi connectivity index (χ0v) is 22.4. The Hall–Kier alpha value is -4.46. The van der Waals surface area contributed by atoms with Gasteiger partial charge in [0, 0.05) is 43.8 Å². The van der Waals surface area contributed by atoms with Gasteiger partial charge in [0.1, 0.15) is 17.1 Å². The average Bonchev–Trinajstić information content (AvgIpc) is 3.00. The van der Waals surface area contributed by atoms with Gasteiger partial charge < -0.3 is 29.3 Å². The van der Waals surface area contributed by atoms with E-state index in [4.69, 9.17) is 19.2 Å². The Balaban J connectivity index is 1.16. The van der Waals surface area contributed by atoms with Crippen LogP contribution in [0, 0.1) is 0 Å². The number of hydrogen-bond donors (Lipinski definition) is 1. The van der Waals surface area contributed by atoms with E-state index in [1.165, 1.54) is 5.69 Å². The van der Waals surface area contributed by atoms with Crippen molar-refractivity contribution in [3.8, 4) is 17.2 Å². The summed E-state index contributed by atoms with van der Waals surface area (Å²) >= 11 is 0. The molecule has 1 fully saturated rings. The van der Waals surface area contributed by atoms with Crippen molar-refractivity contribution in [3.63, 3.8) is 0 Å². The maximum Gasteiger partial charge on any atom is 0.257 e. The Labute approximate surface area is 229 Å². The van der Waals surface area contributed by atoms with Crippen molar-refractivity contribution in [3.05, 3.63) is 84.4 Å². The number of ether oxygens (including phenoxy) is 3. The van der Waals surface area contributed by atoms with E-state index in [9.17, 15) is 4.79 Å². The van der Waals surface area contributed by atoms with Crippen molar-refractivity contribution < 1.29 is 19.0 Å². The smallest absolute Gasteiger partial charge is 0.257 e. The van der Waals surface area contributed by atoms with Crippen LogP contribution in [0.5, 0.6) is 17.2 Å². The summed E-state index contributed by atoms with van der Waals surface area (Å²) < 4.78 is 16.6. The fourth-order valence-electron chi connectivity index (χ4n) is 4.81. The molecule has 8 nitrogen and oxygen atoms in total. The lowest BCUT2D eigenvalue weighted by Gasteiger charge is -2.36. The SMILES string of the molecule is COc1ccc(CCNC(=O)COc2cccc3ccc(N4CCN(c5ccccc5)CC4)nc23)cc1OC. The number of aromatic nitrogens is 1. The number of methoxy groups -OCH3 is 2. The summed E-state index contributed by atoms with van der Waals surface area (Å²) in [6, 6.07) is 26.2. The predicted molar refractivity (Wildman–Crippen MR) is 154 cm³/mol.